The Morgan fingerprint density at radius 2 is 1.86 bits per heavy atom. The molecule has 0 fully saturated rings. The number of rotatable bonds is 3. The van der Waals surface area contributed by atoms with Gasteiger partial charge >= 0.3 is 7.12 Å². The van der Waals surface area contributed by atoms with Gasteiger partial charge in [0.1, 0.15) is 5.75 Å². The predicted octanol–water partition coefficient (Wildman–Crippen LogP) is 0.580. The highest BCUT2D eigenvalue weighted by molar-refractivity contribution is 6.70. The highest BCUT2D eigenvalue weighted by Gasteiger charge is 2.17. The molecule has 14 heavy (non-hydrogen) atoms. The molecule has 1 aromatic carbocycles. The molecule has 0 saturated heterocycles. The number of benzene rings is 1. The van der Waals surface area contributed by atoms with E-state index in [1.54, 1.807) is 18.2 Å². The lowest BCUT2D eigenvalue weighted by Crippen LogP contribution is -2.32. The minimum Gasteiger partial charge on any atom is -0.544 e. The molecule has 0 aliphatic rings. The lowest BCUT2D eigenvalue weighted by molar-refractivity contribution is 0.425. The topological polar surface area (TPSA) is 49.7 Å². The van der Waals surface area contributed by atoms with Crippen molar-refractivity contribution >= 4 is 20.9 Å². The Morgan fingerprint density at radius 3 is 2.36 bits per heavy atom. The molecule has 5 heteroatoms. The second-order valence-corrected chi connectivity index (χ2v) is 8.59. The van der Waals surface area contributed by atoms with Gasteiger partial charge in [-0.05, 0) is 37.2 Å². The van der Waals surface area contributed by atoms with Gasteiger partial charge in [-0.2, -0.15) is 0 Å². The number of hydrogen-bond acceptors (Lipinski definition) is 3. The van der Waals surface area contributed by atoms with Crippen molar-refractivity contribution in [3.05, 3.63) is 24.3 Å². The third-order valence-electron chi connectivity index (χ3n) is 1.58. The molecule has 2 N–H and O–H groups in total. The fourth-order valence-electron chi connectivity index (χ4n) is 1.09. The van der Waals surface area contributed by atoms with E-state index in [1.165, 1.54) is 0 Å². The molecule has 3 nitrogen and oxygen atoms in total. The van der Waals surface area contributed by atoms with Crippen molar-refractivity contribution < 1.29 is 14.5 Å². The second kappa shape index (κ2) is 4.17. The SMILES string of the molecule is C[Si](C)(C)Oc1cccc(B(O)O)c1. The van der Waals surface area contributed by atoms with Crippen LogP contribution in [0.1, 0.15) is 0 Å². The van der Waals surface area contributed by atoms with Crippen LogP contribution in [0.2, 0.25) is 19.6 Å². The Balaban J connectivity index is 2.84. The first kappa shape index (κ1) is 11.3. The summed E-state index contributed by atoms with van der Waals surface area (Å²) in [5.41, 5.74) is 0.459. The first-order valence-corrected chi connectivity index (χ1v) is 7.94. The summed E-state index contributed by atoms with van der Waals surface area (Å²) < 4.78 is 5.71. The summed E-state index contributed by atoms with van der Waals surface area (Å²) in [5, 5.41) is 17.9. The van der Waals surface area contributed by atoms with E-state index >= 15 is 0 Å². The highest BCUT2D eigenvalue weighted by Crippen LogP contribution is 2.13. The monoisotopic (exact) mass is 210 g/mol. The Hall–Kier alpha value is -0.778. The third kappa shape index (κ3) is 3.53. The van der Waals surface area contributed by atoms with Crippen LogP contribution in [0.5, 0.6) is 5.75 Å². The summed E-state index contributed by atoms with van der Waals surface area (Å²) in [6, 6.07) is 6.89. The van der Waals surface area contributed by atoms with Gasteiger partial charge in [0.15, 0.2) is 0 Å². The van der Waals surface area contributed by atoms with E-state index in [-0.39, 0.29) is 0 Å². The van der Waals surface area contributed by atoms with Crippen LogP contribution in [0.4, 0.5) is 0 Å². The maximum absolute atomic E-state index is 8.96. The normalized spacial score (nSPS) is 11.2. The van der Waals surface area contributed by atoms with Crippen molar-refractivity contribution in [1.82, 2.24) is 0 Å². The minimum absolute atomic E-state index is 0.459. The fourth-order valence-corrected chi connectivity index (χ4v) is 1.93. The van der Waals surface area contributed by atoms with E-state index in [2.05, 4.69) is 19.6 Å². The Bertz CT molecular complexity index is 309. The van der Waals surface area contributed by atoms with E-state index in [0.717, 1.165) is 0 Å². The van der Waals surface area contributed by atoms with E-state index in [4.69, 9.17) is 14.5 Å². The van der Waals surface area contributed by atoms with Gasteiger partial charge in [0, 0.05) is 0 Å². The van der Waals surface area contributed by atoms with Crippen LogP contribution in [0, 0.1) is 0 Å². The molecule has 0 bridgehead atoms. The quantitative estimate of drug-likeness (QED) is 0.717. The number of hydrogen-bond donors (Lipinski definition) is 2. The van der Waals surface area contributed by atoms with E-state index in [0.29, 0.717) is 11.2 Å². The molecule has 0 radical (unpaired) electrons. The maximum atomic E-state index is 8.96. The molecule has 76 valence electrons. The molecule has 0 spiro atoms. The van der Waals surface area contributed by atoms with E-state index in [1.807, 2.05) is 6.07 Å². The van der Waals surface area contributed by atoms with Crippen LogP contribution in [0.25, 0.3) is 0 Å². The zero-order chi connectivity index (χ0) is 10.8. The van der Waals surface area contributed by atoms with Gasteiger partial charge in [-0.15, -0.1) is 0 Å². The molecule has 0 aliphatic carbocycles. The first-order valence-electron chi connectivity index (χ1n) is 4.53. The fraction of sp³-hybridized carbons (Fsp3) is 0.333. The van der Waals surface area contributed by atoms with Crippen molar-refractivity contribution in [2.75, 3.05) is 0 Å². The van der Waals surface area contributed by atoms with Crippen LogP contribution in [-0.4, -0.2) is 25.5 Å². The molecule has 1 aromatic rings. The molecular formula is C9H15BO3Si. The molecule has 0 saturated carbocycles. The summed E-state index contributed by atoms with van der Waals surface area (Å²) in [5.74, 6) is 0.703. The average molecular weight is 210 g/mol. The Morgan fingerprint density at radius 1 is 1.21 bits per heavy atom. The predicted molar refractivity (Wildman–Crippen MR) is 60.2 cm³/mol. The molecule has 0 unspecified atom stereocenters. The molecule has 0 amide bonds. The van der Waals surface area contributed by atoms with Gasteiger partial charge in [-0.25, -0.2) is 0 Å². The molecule has 0 aromatic heterocycles. The molecule has 1 rings (SSSR count). The van der Waals surface area contributed by atoms with Crippen molar-refractivity contribution in [3.63, 3.8) is 0 Å². The van der Waals surface area contributed by atoms with Gasteiger partial charge in [-0.1, -0.05) is 12.1 Å². The van der Waals surface area contributed by atoms with Crippen LogP contribution in [0.15, 0.2) is 24.3 Å². The zero-order valence-electron chi connectivity index (χ0n) is 8.69. The molecule has 0 atom stereocenters. The second-order valence-electron chi connectivity index (χ2n) is 4.16. The van der Waals surface area contributed by atoms with Crippen LogP contribution in [-0.2, 0) is 0 Å². The minimum atomic E-state index is -1.62. The van der Waals surface area contributed by atoms with Gasteiger partial charge in [-0.3, -0.25) is 0 Å². The smallest absolute Gasteiger partial charge is 0.488 e. The van der Waals surface area contributed by atoms with Crippen LogP contribution >= 0.6 is 0 Å². The van der Waals surface area contributed by atoms with Crippen molar-refractivity contribution in [2.24, 2.45) is 0 Å². The summed E-state index contributed by atoms with van der Waals surface area (Å²) in [6.07, 6.45) is 0. The molecule has 0 aliphatic heterocycles. The first-order chi connectivity index (χ1) is 6.38. The Labute approximate surface area is 85.6 Å². The maximum Gasteiger partial charge on any atom is 0.488 e. The van der Waals surface area contributed by atoms with Gasteiger partial charge in [0.2, 0.25) is 8.32 Å². The van der Waals surface area contributed by atoms with Crippen molar-refractivity contribution in [3.8, 4) is 5.75 Å². The van der Waals surface area contributed by atoms with Crippen LogP contribution < -0.4 is 9.89 Å². The average Bonchev–Trinajstić information content (AvgIpc) is 2.01. The largest absolute Gasteiger partial charge is 0.544 e. The van der Waals surface area contributed by atoms with Crippen molar-refractivity contribution in [1.29, 1.82) is 0 Å². The van der Waals surface area contributed by atoms with E-state index < -0.39 is 15.4 Å². The Kier molecular flexibility index (Phi) is 3.36. The highest BCUT2D eigenvalue weighted by atomic mass is 28.4. The zero-order valence-corrected chi connectivity index (χ0v) is 9.69. The lowest BCUT2D eigenvalue weighted by Gasteiger charge is -2.19. The lowest BCUT2D eigenvalue weighted by atomic mass is 9.80. The standard InChI is InChI=1S/C9H15BO3Si/c1-14(2,3)13-9-6-4-5-8(7-9)10(11)12/h4-7,11-12H,1-3H3. The summed E-state index contributed by atoms with van der Waals surface area (Å²) in [7, 11) is -3.05. The summed E-state index contributed by atoms with van der Waals surface area (Å²) in [6.45, 7) is 6.24. The third-order valence-corrected chi connectivity index (χ3v) is 2.43. The molecule has 0 heterocycles. The summed E-state index contributed by atoms with van der Waals surface area (Å²) in [4.78, 5) is 0. The van der Waals surface area contributed by atoms with E-state index in [9.17, 15) is 0 Å². The van der Waals surface area contributed by atoms with Gasteiger partial charge in [0.05, 0.1) is 0 Å². The van der Waals surface area contributed by atoms with Gasteiger partial charge < -0.3 is 14.5 Å². The van der Waals surface area contributed by atoms with Crippen molar-refractivity contribution in [2.45, 2.75) is 19.6 Å². The van der Waals surface area contributed by atoms with Crippen LogP contribution in [0.3, 0.4) is 0 Å². The van der Waals surface area contributed by atoms with Gasteiger partial charge in [0.25, 0.3) is 0 Å². The summed E-state index contributed by atoms with van der Waals surface area (Å²) >= 11 is 0. The molecular weight excluding hydrogens is 195 g/mol.